The van der Waals surface area contributed by atoms with Gasteiger partial charge in [-0.1, -0.05) is 11.6 Å². The molecule has 3 amide bonds. The summed E-state index contributed by atoms with van der Waals surface area (Å²) < 4.78 is 13.0. The van der Waals surface area contributed by atoms with Crippen LogP contribution in [0.1, 0.15) is 6.92 Å². The van der Waals surface area contributed by atoms with E-state index in [2.05, 4.69) is 16.0 Å². The number of hydrogen-bond acceptors (Lipinski definition) is 3. The van der Waals surface area contributed by atoms with Gasteiger partial charge in [0.15, 0.2) is 0 Å². The van der Waals surface area contributed by atoms with Gasteiger partial charge in [-0.25, -0.2) is 4.39 Å². The Labute approximate surface area is 142 Å². The number of anilines is 3. The van der Waals surface area contributed by atoms with Gasteiger partial charge in [-0.3, -0.25) is 14.4 Å². The van der Waals surface area contributed by atoms with Crippen LogP contribution < -0.4 is 16.0 Å². The summed E-state index contributed by atoms with van der Waals surface area (Å²) in [5, 5.41) is 7.12. The molecule has 6 nitrogen and oxygen atoms in total. The lowest BCUT2D eigenvalue weighted by molar-refractivity contribution is -0.132. The second-order valence-corrected chi connectivity index (χ2v) is 5.20. The Kier molecular flexibility index (Phi) is 5.49. The Bertz CT molecular complexity index is 794. The van der Waals surface area contributed by atoms with Crippen LogP contribution >= 0.6 is 11.6 Å². The number of halogens is 2. The lowest BCUT2D eigenvalue weighted by Gasteiger charge is -2.08. The molecule has 0 atom stereocenters. The summed E-state index contributed by atoms with van der Waals surface area (Å²) in [6, 6.07) is 9.79. The van der Waals surface area contributed by atoms with Gasteiger partial charge in [0.2, 0.25) is 5.91 Å². The number of benzene rings is 2. The van der Waals surface area contributed by atoms with Crippen molar-refractivity contribution in [3.8, 4) is 0 Å². The molecule has 2 aromatic rings. The van der Waals surface area contributed by atoms with E-state index in [9.17, 15) is 18.8 Å². The molecule has 3 N–H and O–H groups in total. The molecule has 8 heteroatoms. The molecule has 0 heterocycles. The highest BCUT2D eigenvalue weighted by atomic mass is 35.5. The third kappa shape index (κ3) is 4.79. The van der Waals surface area contributed by atoms with Crippen molar-refractivity contribution in [3.05, 3.63) is 53.3 Å². The fourth-order valence-corrected chi connectivity index (χ4v) is 1.97. The molecule has 0 aliphatic rings. The first-order valence-electron chi connectivity index (χ1n) is 6.80. The number of carbonyl (C=O) groups excluding carboxylic acids is 3. The van der Waals surface area contributed by atoms with Gasteiger partial charge in [0, 0.05) is 24.0 Å². The molecule has 0 aliphatic carbocycles. The molecule has 2 aromatic carbocycles. The van der Waals surface area contributed by atoms with E-state index >= 15 is 0 Å². The molecule has 0 aliphatic heterocycles. The van der Waals surface area contributed by atoms with E-state index in [0.29, 0.717) is 11.4 Å². The van der Waals surface area contributed by atoms with E-state index in [1.807, 2.05) is 0 Å². The highest BCUT2D eigenvalue weighted by Gasteiger charge is 2.14. The summed E-state index contributed by atoms with van der Waals surface area (Å²) in [5.74, 6) is -2.67. The van der Waals surface area contributed by atoms with E-state index in [4.69, 9.17) is 11.6 Å². The summed E-state index contributed by atoms with van der Waals surface area (Å²) in [7, 11) is 0. The quantitative estimate of drug-likeness (QED) is 0.744. The minimum absolute atomic E-state index is 0.165. The van der Waals surface area contributed by atoms with Crippen LogP contribution in [0.4, 0.5) is 21.5 Å². The molecule has 24 heavy (non-hydrogen) atoms. The number of hydrogen-bond donors (Lipinski definition) is 3. The number of rotatable bonds is 3. The van der Waals surface area contributed by atoms with Crippen molar-refractivity contribution in [2.45, 2.75) is 6.92 Å². The van der Waals surface area contributed by atoms with E-state index < -0.39 is 17.6 Å². The van der Waals surface area contributed by atoms with Gasteiger partial charge in [0.05, 0.1) is 5.02 Å². The second kappa shape index (κ2) is 7.56. The lowest BCUT2D eigenvalue weighted by Crippen LogP contribution is -2.29. The lowest BCUT2D eigenvalue weighted by atomic mass is 10.2. The van der Waals surface area contributed by atoms with Gasteiger partial charge in [-0.2, -0.15) is 0 Å². The minimum Gasteiger partial charge on any atom is -0.326 e. The molecular formula is C16H13ClFN3O3. The van der Waals surface area contributed by atoms with Crippen molar-refractivity contribution >= 4 is 46.4 Å². The molecule has 0 spiro atoms. The molecular weight excluding hydrogens is 337 g/mol. The van der Waals surface area contributed by atoms with Crippen LogP contribution in [0.25, 0.3) is 0 Å². The predicted molar refractivity (Wildman–Crippen MR) is 89.4 cm³/mol. The van der Waals surface area contributed by atoms with Crippen LogP contribution in [-0.2, 0) is 14.4 Å². The third-order valence-electron chi connectivity index (χ3n) is 2.85. The number of nitrogens with one attached hydrogen (secondary N) is 3. The van der Waals surface area contributed by atoms with Gasteiger partial charge in [0.1, 0.15) is 5.82 Å². The highest BCUT2D eigenvalue weighted by molar-refractivity contribution is 6.43. The highest BCUT2D eigenvalue weighted by Crippen LogP contribution is 2.19. The van der Waals surface area contributed by atoms with Gasteiger partial charge in [-0.15, -0.1) is 0 Å². The molecule has 0 radical (unpaired) electrons. The summed E-state index contributed by atoms with van der Waals surface area (Å²) in [6.45, 7) is 1.38. The second-order valence-electron chi connectivity index (χ2n) is 4.80. The Balaban J connectivity index is 1.97. The normalized spacial score (nSPS) is 9.96. The van der Waals surface area contributed by atoms with Crippen molar-refractivity contribution in [3.63, 3.8) is 0 Å². The summed E-state index contributed by atoms with van der Waals surface area (Å²) in [6.07, 6.45) is 0. The molecule has 2 rings (SSSR count). The van der Waals surface area contributed by atoms with Crippen LogP contribution in [0.5, 0.6) is 0 Å². The van der Waals surface area contributed by atoms with E-state index in [1.54, 1.807) is 12.1 Å². The fourth-order valence-electron chi connectivity index (χ4n) is 1.79. The van der Waals surface area contributed by atoms with Gasteiger partial charge in [0.25, 0.3) is 0 Å². The topological polar surface area (TPSA) is 87.3 Å². The number of amides is 3. The van der Waals surface area contributed by atoms with Crippen LogP contribution in [0.15, 0.2) is 42.5 Å². The average Bonchev–Trinajstić information content (AvgIpc) is 2.52. The SMILES string of the molecule is CC(=O)Nc1ccc(NC(=O)C(=O)Nc2ccc(F)c(Cl)c2)cc1. The first-order valence-corrected chi connectivity index (χ1v) is 7.18. The summed E-state index contributed by atoms with van der Waals surface area (Å²) >= 11 is 5.60. The fraction of sp³-hybridized carbons (Fsp3) is 0.0625. The molecule has 0 fully saturated rings. The van der Waals surface area contributed by atoms with E-state index in [0.717, 1.165) is 6.07 Å². The molecule has 0 saturated heterocycles. The number of carbonyl (C=O) groups is 3. The molecule has 0 aromatic heterocycles. The minimum atomic E-state index is -0.927. The third-order valence-corrected chi connectivity index (χ3v) is 3.14. The molecule has 0 unspecified atom stereocenters. The Morgan fingerprint density at radius 1 is 0.833 bits per heavy atom. The van der Waals surface area contributed by atoms with Gasteiger partial charge in [-0.05, 0) is 42.5 Å². The van der Waals surface area contributed by atoms with Crippen LogP contribution in [0.2, 0.25) is 5.02 Å². The Morgan fingerprint density at radius 3 is 1.79 bits per heavy atom. The zero-order valence-electron chi connectivity index (χ0n) is 12.5. The maximum Gasteiger partial charge on any atom is 0.314 e. The van der Waals surface area contributed by atoms with Crippen LogP contribution in [0.3, 0.4) is 0 Å². The first kappa shape index (κ1) is 17.4. The summed E-state index contributed by atoms with van der Waals surface area (Å²) in [4.78, 5) is 34.6. The van der Waals surface area contributed by atoms with Crippen LogP contribution in [-0.4, -0.2) is 17.7 Å². The van der Waals surface area contributed by atoms with Crippen molar-refractivity contribution in [1.82, 2.24) is 0 Å². The Morgan fingerprint density at radius 2 is 1.29 bits per heavy atom. The maximum absolute atomic E-state index is 13.0. The van der Waals surface area contributed by atoms with Crippen molar-refractivity contribution in [1.29, 1.82) is 0 Å². The Hall–Kier alpha value is -2.93. The van der Waals surface area contributed by atoms with Crippen molar-refractivity contribution in [2.75, 3.05) is 16.0 Å². The molecule has 0 saturated carbocycles. The predicted octanol–water partition coefficient (Wildman–Crippen LogP) is 3.01. The maximum atomic E-state index is 13.0. The smallest absolute Gasteiger partial charge is 0.314 e. The van der Waals surface area contributed by atoms with Gasteiger partial charge >= 0.3 is 11.8 Å². The van der Waals surface area contributed by atoms with Gasteiger partial charge < -0.3 is 16.0 Å². The molecule has 0 bridgehead atoms. The first-order chi connectivity index (χ1) is 11.3. The molecule has 124 valence electrons. The van der Waals surface area contributed by atoms with E-state index in [1.165, 1.54) is 31.2 Å². The van der Waals surface area contributed by atoms with Crippen molar-refractivity contribution < 1.29 is 18.8 Å². The monoisotopic (exact) mass is 349 g/mol. The van der Waals surface area contributed by atoms with Crippen LogP contribution in [0, 0.1) is 5.82 Å². The average molecular weight is 350 g/mol. The summed E-state index contributed by atoms with van der Waals surface area (Å²) in [5.41, 5.74) is 1.13. The largest absolute Gasteiger partial charge is 0.326 e. The standard InChI is InChI=1S/C16H13ClFN3O3/c1-9(22)19-10-2-4-11(5-3-10)20-15(23)16(24)21-12-6-7-14(18)13(17)8-12/h2-8H,1H3,(H,19,22)(H,20,23)(H,21,24). The zero-order valence-corrected chi connectivity index (χ0v) is 13.3. The van der Waals surface area contributed by atoms with Crippen molar-refractivity contribution in [2.24, 2.45) is 0 Å². The van der Waals surface area contributed by atoms with E-state index in [-0.39, 0.29) is 16.6 Å². The zero-order chi connectivity index (χ0) is 17.7.